The summed E-state index contributed by atoms with van der Waals surface area (Å²) in [5.74, 6) is 0. The summed E-state index contributed by atoms with van der Waals surface area (Å²) in [5.41, 5.74) is 3.50. The van der Waals surface area contributed by atoms with E-state index in [9.17, 15) is 0 Å². The number of hydrogen-bond acceptors (Lipinski definition) is 2. The van der Waals surface area contributed by atoms with Gasteiger partial charge >= 0.3 is 0 Å². The summed E-state index contributed by atoms with van der Waals surface area (Å²) in [6, 6.07) is 11.0. The highest BCUT2D eigenvalue weighted by atomic mass is 79.9. The Labute approximate surface area is 115 Å². The summed E-state index contributed by atoms with van der Waals surface area (Å²) in [6.07, 6.45) is 2.46. The van der Waals surface area contributed by atoms with Crippen molar-refractivity contribution >= 4 is 15.9 Å². The number of benzene rings is 1. The molecule has 0 bridgehead atoms. The van der Waals surface area contributed by atoms with Gasteiger partial charge in [0.05, 0.1) is 11.4 Å². The molecule has 18 heavy (non-hydrogen) atoms. The Kier molecular flexibility index (Phi) is 3.22. The highest BCUT2D eigenvalue weighted by Gasteiger charge is 2.20. The number of halogens is 1. The first-order chi connectivity index (χ1) is 8.74. The van der Waals surface area contributed by atoms with Crippen molar-refractivity contribution in [3.63, 3.8) is 0 Å². The summed E-state index contributed by atoms with van der Waals surface area (Å²) in [5, 5.41) is 8.14. The summed E-state index contributed by atoms with van der Waals surface area (Å²) in [6.45, 7) is 1.11. The lowest BCUT2D eigenvalue weighted by Gasteiger charge is -2.09. The lowest BCUT2D eigenvalue weighted by Crippen LogP contribution is -2.16. The number of nitrogens with zero attached hydrogens (tertiary/aromatic N) is 2. The highest BCUT2D eigenvalue weighted by molar-refractivity contribution is 9.10. The van der Waals surface area contributed by atoms with Crippen LogP contribution in [0.3, 0.4) is 0 Å². The number of rotatable bonds is 2. The fraction of sp³-hybridized carbons (Fsp3) is 0.357. The van der Waals surface area contributed by atoms with E-state index in [0.717, 1.165) is 22.3 Å². The minimum atomic E-state index is 0.465. The average Bonchev–Trinajstić information content (AvgIpc) is 2.99. The fourth-order valence-corrected chi connectivity index (χ4v) is 2.77. The molecule has 0 radical (unpaired) electrons. The zero-order valence-corrected chi connectivity index (χ0v) is 11.9. The van der Waals surface area contributed by atoms with E-state index in [0.29, 0.717) is 6.04 Å². The van der Waals surface area contributed by atoms with Gasteiger partial charge in [-0.15, -0.1) is 0 Å². The van der Waals surface area contributed by atoms with Crippen molar-refractivity contribution in [1.82, 2.24) is 15.1 Å². The second-order valence-electron chi connectivity index (χ2n) is 4.73. The summed E-state index contributed by atoms with van der Waals surface area (Å²) in [4.78, 5) is 0. The third-order valence-corrected chi connectivity index (χ3v) is 4.00. The largest absolute Gasteiger partial charge is 0.309 e. The molecule has 1 unspecified atom stereocenters. The molecule has 4 heteroatoms. The van der Waals surface area contributed by atoms with E-state index in [1.54, 1.807) is 0 Å². The lowest BCUT2D eigenvalue weighted by atomic mass is 10.1. The van der Waals surface area contributed by atoms with Crippen LogP contribution in [0.15, 0.2) is 34.8 Å². The van der Waals surface area contributed by atoms with Crippen LogP contribution in [-0.2, 0) is 7.05 Å². The van der Waals surface area contributed by atoms with Gasteiger partial charge in [0.2, 0.25) is 0 Å². The van der Waals surface area contributed by atoms with Gasteiger partial charge in [-0.05, 0) is 37.6 Å². The second-order valence-corrected chi connectivity index (χ2v) is 5.65. The van der Waals surface area contributed by atoms with Crippen LogP contribution in [0.1, 0.15) is 24.6 Å². The van der Waals surface area contributed by atoms with Crippen LogP contribution in [0, 0.1) is 0 Å². The number of aryl methyl sites for hydroxylation is 1. The molecule has 1 aromatic carbocycles. The van der Waals surface area contributed by atoms with E-state index in [-0.39, 0.29) is 0 Å². The van der Waals surface area contributed by atoms with Crippen LogP contribution < -0.4 is 5.32 Å². The Hall–Kier alpha value is -1.13. The molecule has 1 atom stereocenters. The fourth-order valence-electron chi connectivity index (χ4n) is 2.51. The van der Waals surface area contributed by atoms with E-state index in [1.807, 2.05) is 11.7 Å². The van der Waals surface area contributed by atoms with E-state index in [1.165, 1.54) is 18.5 Å². The number of aromatic nitrogens is 2. The zero-order valence-electron chi connectivity index (χ0n) is 10.4. The van der Waals surface area contributed by atoms with Crippen LogP contribution in [-0.4, -0.2) is 16.3 Å². The molecule has 3 rings (SSSR count). The molecule has 1 fully saturated rings. The van der Waals surface area contributed by atoms with Crippen LogP contribution in [0.5, 0.6) is 0 Å². The van der Waals surface area contributed by atoms with Gasteiger partial charge in [0.1, 0.15) is 0 Å². The van der Waals surface area contributed by atoms with Gasteiger partial charge in [0.15, 0.2) is 0 Å². The minimum absolute atomic E-state index is 0.465. The molecular weight excluding hydrogens is 290 g/mol. The first-order valence-electron chi connectivity index (χ1n) is 6.27. The highest BCUT2D eigenvalue weighted by Crippen LogP contribution is 2.27. The molecule has 1 aromatic heterocycles. The van der Waals surface area contributed by atoms with Gasteiger partial charge < -0.3 is 5.32 Å². The van der Waals surface area contributed by atoms with Crippen LogP contribution in [0.2, 0.25) is 0 Å². The van der Waals surface area contributed by atoms with Crippen LogP contribution in [0.25, 0.3) is 11.3 Å². The molecule has 0 spiro atoms. The van der Waals surface area contributed by atoms with E-state index < -0.39 is 0 Å². The van der Waals surface area contributed by atoms with Crippen molar-refractivity contribution in [2.45, 2.75) is 18.9 Å². The van der Waals surface area contributed by atoms with Crippen molar-refractivity contribution in [2.75, 3.05) is 6.54 Å². The van der Waals surface area contributed by atoms with Crippen LogP contribution >= 0.6 is 15.9 Å². The Morgan fingerprint density at radius 3 is 2.78 bits per heavy atom. The van der Waals surface area contributed by atoms with Gasteiger partial charge in [-0.1, -0.05) is 28.1 Å². The normalized spacial score (nSPS) is 19.3. The zero-order chi connectivity index (χ0) is 12.5. The van der Waals surface area contributed by atoms with Gasteiger partial charge in [-0.2, -0.15) is 5.10 Å². The number of nitrogens with one attached hydrogen (secondary N) is 1. The quantitative estimate of drug-likeness (QED) is 0.923. The molecule has 2 heterocycles. The predicted octanol–water partition coefficient (Wildman–Crippen LogP) is 3.27. The SMILES string of the molecule is Cn1nc(-c2ccc(Br)cc2)cc1C1CCCN1. The Bertz CT molecular complexity index is 539. The summed E-state index contributed by atoms with van der Waals surface area (Å²) in [7, 11) is 2.03. The van der Waals surface area contributed by atoms with Crippen molar-refractivity contribution in [2.24, 2.45) is 7.05 Å². The smallest absolute Gasteiger partial charge is 0.0926 e. The molecule has 0 amide bonds. The molecule has 1 saturated heterocycles. The third kappa shape index (κ3) is 2.22. The molecule has 0 aliphatic carbocycles. The Morgan fingerprint density at radius 1 is 1.33 bits per heavy atom. The maximum absolute atomic E-state index is 4.62. The molecule has 1 aliphatic heterocycles. The topological polar surface area (TPSA) is 29.9 Å². The molecule has 1 aliphatic rings. The van der Waals surface area contributed by atoms with Gasteiger partial charge in [-0.25, -0.2) is 0 Å². The first kappa shape index (κ1) is 11.9. The lowest BCUT2D eigenvalue weighted by molar-refractivity contribution is 0.574. The van der Waals surface area contributed by atoms with Crippen molar-refractivity contribution in [3.8, 4) is 11.3 Å². The van der Waals surface area contributed by atoms with E-state index in [4.69, 9.17) is 0 Å². The predicted molar refractivity (Wildman–Crippen MR) is 76.3 cm³/mol. The molecule has 2 aromatic rings. The third-order valence-electron chi connectivity index (χ3n) is 3.47. The number of hydrogen-bond donors (Lipinski definition) is 1. The molecule has 94 valence electrons. The van der Waals surface area contributed by atoms with Crippen molar-refractivity contribution in [1.29, 1.82) is 0 Å². The second kappa shape index (κ2) is 4.86. The van der Waals surface area contributed by atoms with Gasteiger partial charge in [0, 0.05) is 23.1 Å². The minimum Gasteiger partial charge on any atom is -0.309 e. The van der Waals surface area contributed by atoms with Gasteiger partial charge in [0.25, 0.3) is 0 Å². The van der Waals surface area contributed by atoms with E-state index >= 15 is 0 Å². The summed E-state index contributed by atoms with van der Waals surface area (Å²) >= 11 is 3.46. The standard InChI is InChI=1S/C14H16BrN3/c1-18-14(12-3-2-8-16-12)9-13(17-18)10-4-6-11(15)7-5-10/h4-7,9,12,16H,2-3,8H2,1H3. The first-order valence-corrected chi connectivity index (χ1v) is 7.06. The maximum Gasteiger partial charge on any atom is 0.0926 e. The van der Waals surface area contributed by atoms with Crippen molar-refractivity contribution < 1.29 is 0 Å². The Morgan fingerprint density at radius 2 is 2.11 bits per heavy atom. The average molecular weight is 306 g/mol. The van der Waals surface area contributed by atoms with E-state index in [2.05, 4.69) is 56.7 Å². The molecule has 3 nitrogen and oxygen atoms in total. The Balaban J connectivity index is 1.94. The molecule has 1 N–H and O–H groups in total. The summed E-state index contributed by atoms with van der Waals surface area (Å²) < 4.78 is 3.10. The van der Waals surface area contributed by atoms with Crippen LogP contribution in [0.4, 0.5) is 0 Å². The van der Waals surface area contributed by atoms with Gasteiger partial charge in [-0.3, -0.25) is 4.68 Å². The molecule has 0 saturated carbocycles. The maximum atomic E-state index is 4.62. The monoisotopic (exact) mass is 305 g/mol. The van der Waals surface area contributed by atoms with Crippen molar-refractivity contribution in [3.05, 3.63) is 40.5 Å². The molecular formula is C14H16BrN3.